The summed E-state index contributed by atoms with van der Waals surface area (Å²) < 4.78 is 10.7. The van der Waals surface area contributed by atoms with Crippen molar-refractivity contribution in [2.45, 2.75) is 27.1 Å². The van der Waals surface area contributed by atoms with E-state index in [0.717, 1.165) is 5.71 Å². The molecule has 4 heteroatoms. The van der Waals surface area contributed by atoms with Gasteiger partial charge in [0.1, 0.15) is 0 Å². The first kappa shape index (κ1) is 12.4. The largest absolute Gasteiger partial charge is 0.348 e. The fraction of sp³-hybridized carbons (Fsp3) is 0.889. The third-order valence-electron chi connectivity index (χ3n) is 1.33. The molecule has 0 N–H and O–H groups in total. The molecule has 0 aliphatic rings. The SMILES string of the molecule is CCOC(OCC)/C(C)=N\N(C)C. The molecule has 0 aliphatic heterocycles. The van der Waals surface area contributed by atoms with Gasteiger partial charge in [-0.2, -0.15) is 5.10 Å². The minimum Gasteiger partial charge on any atom is -0.348 e. The minimum absolute atomic E-state index is 0.308. The van der Waals surface area contributed by atoms with Crippen LogP contribution < -0.4 is 0 Å². The van der Waals surface area contributed by atoms with E-state index in [-0.39, 0.29) is 6.29 Å². The van der Waals surface area contributed by atoms with Crippen LogP contribution in [0.2, 0.25) is 0 Å². The van der Waals surface area contributed by atoms with Gasteiger partial charge < -0.3 is 14.5 Å². The van der Waals surface area contributed by atoms with Gasteiger partial charge in [0.25, 0.3) is 0 Å². The Morgan fingerprint density at radius 1 is 1.23 bits per heavy atom. The third-order valence-corrected chi connectivity index (χ3v) is 1.33. The lowest BCUT2D eigenvalue weighted by Crippen LogP contribution is -2.27. The van der Waals surface area contributed by atoms with Gasteiger partial charge in [0.2, 0.25) is 0 Å². The highest BCUT2D eigenvalue weighted by molar-refractivity contribution is 5.84. The maximum absolute atomic E-state index is 5.37. The van der Waals surface area contributed by atoms with Gasteiger partial charge in [0, 0.05) is 27.3 Å². The Balaban J connectivity index is 4.17. The van der Waals surface area contributed by atoms with Crippen molar-refractivity contribution < 1.29 is 9.47 Å². The van der Waals surface area contributed by atoms with E-state index in [4.69, 9.17) is 9.47 Å². The number of ether oxygens (including phenoxy) is 2. The molecule has 0 heterocycles. The van der Waals surface area contributed by atoms with Gasteiger partial charge >= 0.3 is 0 Å². The van der Waals surface area contributed by atoms with Crippen LogP contribution in [0.1, 0.15) is 20.8 Å². The van der Waals surface area contributed by atoms with Crippen molar-refractivity contribution in [2.24, 2.45) is 5.10 Å². The molecule has 0 aromatic rings. The third kappa shape index (κ3) is 5.60. The standard InChI is InChI=1S/C9H20N2O2/c1-6-12-9(13-7-2)8(3)10-11(4)5/h9H,6-7H2,1-5H3/b10-8-. The van der Waals surface area contributed by atoms with Crippen molar-refractivity contribution >= 4 is 5.71 Å². The van der Waals surface area contributed by atoms with Gasteiger partial charge in [-0.3, -0.25) is 0 Å². The van der Waals surface area contributed by atoms with E-state index >= 15 is 0 Å². The predicted octanol–water partition coefficient (Wildman–Crippen LogP) is 1.32. The van der Waals surface area contributed by atoms with E-state index in [1.807, 2.05) is 34.9 Å². The second-order valence-corrected chi connectivity index (χ2v) is 2.83. The quantitative estimate of drug-likeness (QED) is 0.358. The van der Waals surface area contributed by atoms with Gasteiger partial charge in [-0.15, -0.1) is 0 Å². The van der Waals surface area contributed by atoms with Crippen LogP contribution >= 0.6 is 0 Å². The van der Waals surface area contributed by atoms with Crippen molar-refractivity contribution in [1.82, 2.24) is 5.01 Å². The van der Waals surface area contributed by atoms with Crippen molar-refractivity contribution in [2.75, 3.05) is 27.3 Å². The summed E-state index contributed by atoms with van der Waals surface area (Å²) in [5.41, 5.74) is 0.841. The maximum atomic E-state index is 5.37. The second kappa shape index (κ2) is 6.86. The van der Waals surface area contributed by atoms with E-state index in [1.165, 1.54) is 0 Å². The van der Waals surface area contributed by atoms with Gasteiger partial charge in [0.05, 0.1) is 5.71 Å². The van der Waals surface area contributed by atoms with Crippen LogP contribution in [0.5, 0.6) is 0 Å². The maximum Gasteiger partial charge on any atom is 0.198 e. The molecule has 0 aromatic heterocycles. The molecular weight excluding hydrogens is 168 g/mol. The highest BCUT2D eigenvalue weighted by Crippen LogP contribution is 1.99. The van der Waals surface area contributed by atoms with Gasteiger partial charge in [-0.05, 0) is 20.8 Å². The van der Waals surface area contributed by atoms with Crippen LogP contribution in [0, 0.1) is 0 Å². The number of hydrogen-bond donors (Lipinski definition) is 0. The molecule has 0 rings (SSSR count). The Morgan fingerprint density at radius 2 is 1.69 bits per heavy atom. The van der Waals surface area contributed by atoms with E-state index in [0.29, 0.717) is 13.2 Å². The van der Waals surface area contributed by atoms with Crippen molar-refractivity contribution in [3.8, 4) is 0 Å². The van der Waals surface area contributed by atoms with E-state index in [9.17, 15) is 0 Å². The molecule has 13 heavy (non-hydrogen) atoms. The average molecular weight is 188 g/mol. The molecule has 0 aliphatic carbocycles. The Hall–Kier alpha value is -0.610. The lowest BCUT2D eigenvalue weighted by Gasteiger charge is -2.17. The van der Waals surface area contributed by atoms with Gasteiger partial charge in [-0.25, -0.2) is 0 Å². The summed E-state index contributed by atoms with van der Waals surface area (Å²) in [6, 6.07) is 0. The molecule has 0 unspecified atom stereocenters. The number of nitrogens with zero attached hydrogens (tertiary/aromatic N) is 2. The predicted molar refractivity (Wildman–Crippen MR) is 53.8 cm³/mol. The summed E-state index contributed by atoms with van der Waals surface area (Å²) >= 11 is 0. The van der Waals surface area contributed by atoms with E-state index < -0.39 is 0 Å². The highest BCUT2D eigenvalue weighted by atomic mass is 16.7. The zero-order chi connectivity index (χ0) is 10.3. The Kier molecular flexibility index (Phi) is 6.54. The molecule has 4 nitrogen and oxygen atoms in total. The average Bonchev–Trinajstić information content (AvgIpc) is 2.02. The molecule has 0 amide bonds. The minimum atomic E-state index is -0.308. The van der Waals surface area contributed by atoms with Crippen LogP contribution in [0.15, 0.2) is 5.10 Å². The summed E-state index contributed by atoms with van der Waals surface area (Å²) in [5.74, 6) is 0. The molecule has 0 atom stereocenters. The van der Waals surface area contributed by atoms with Crippen LogP contribution in [0.3, 0.4) is 0 Å². The smallest absolute Gasteiger partial charge is 0.198 e. The van der Waals surface area contributed by atoms with E-state index in [1.54, 1.807) is 5.01 Å². The van der Waals surface area contributed by atoms with Gasteiger partial charge in [-0.1, -0.05) is 0 Å². The molecule has 0 saturated carbocycles. The molecule has 0 bridgehead atoms. The first-order valence-electron chi connectivity index (χ1n) is 4.57. The molecule has 0 fully saturated rings. The Bertz CT molecular complexity index is 152. The highest BCUT2D eigenvalue weighted by Gasteiger charge is 2.11. The zero-order valence-electron chi connectivity index (χ0n) is 9.20. The summed E-state index contributed by atoms with van der Waals surface area (Å²) in [7, 11) is 3.75. The summed E-state index contributed by atoms with van der Waals surface area (Å²) in [6.07, 6.45) is -0.308. The lowest BCUT2D eigenvalue weighted by atomic mass is 10.4. The first-order chi connectivity index (χ1) is 6.11. The van der Waals surface area contributed by atoms with Gasteiger partial charge in [0.15, 0.2) is 6.29 Å². The Labute approximate surface area is 80.5 Å². The number of hydrazone groups is 1. The number of hydrogen-bond acceptors (Lipinski definition) is 4. The monoisotopic (exact) mass is 188 g/mol. The molecule has 0 radical (unpaired) electrons. The van der Waals surface area contributed by atoms with Crippen molar-refractivity contribution in [1.29, 1.82) is 0 Å². The lowest BCUT2D eigenvalue weighted by molar-refractivity contribution is -0.0909. The summed E-state index contributed by atoms with van der Waals surface area (Å²) in [6.45, 7) is 7.04. The van der Waals surface area contributed by atoms with Crippen LogP contribution in [0.25, 0.3) is 0 Å². The summed E-state index contributed by atoms with van der Waals surface area (Å²) in [4.78, 5) is 0. The fourth-order valence-corrected chi connectivity index (χ4v) is 0.955. The molecule has 0 saturated heterocycles. The fourth-order valence-electron chi connectivity index (χ4n) is 0.955. The van der Waals surface area contributed by atoms with Crippen LogP contribution in [-0.2, 0) is 9.47 Å². The molecular formula is C9H20N2O2. The first-order valence-corrected chi connectivity index (χ1v) is 4.57. The van der Waals surface area contributed by atoms with Crippen LogP contribution in [0.4, 0.5) is 0 Å². The molecule has 0 aromatic carbocycles. The van der Waals surface area contributed by atoms with Crippen molar-refractivity contribution in [3.63, 3.8) is 0 Å². The molecule has 78 valence electrons. The Morgan fingerprint density at radius 3 is 2.00 bits per heavy atom. The summed E-state index contributed by atoms with van der Waals surface area (Å²) in [5, 5.41) is 5.95. The number of rotatable bonds is 6. The second-order valence-electron chi connectivity index (χ2n) is 2.83. The van der Waals surface area contributed by atoms with E-state index in [2.05, 4.69) is 5.10 Å². The normalized spacial score (nSPS) is 12.3. The van der Waals surface area contributed by atoms with Crippen LogP contribution in [-0.4, -0.2) is 44.3 Å². The topological polar surface area (TPSA) is 34.1 Å². The zero-order valence-corrected chi connectivity index (χ0v) is 9.20. The molecule has 0 spiro atoms. The van der Waals surface area contributed by atoms with Crippen molar-refractivity contribution in [3.05, 3.63) is 0 Å².